The zero-order chi connectivity index (χ0) is 9.14. The molecule has 1 atom stereocenters. The van der Waals surface area contributed by atoms with Crippen LogP contribution in [0.3, 0.4) is 0 Å². The number of nitrogens with two attached hydrogens (primary N) is 1. The molecule has 0 amide bonds. The highest BCUT2D eigenvalue weighted by Crippen LogP contribution is 2.25. The minimum atomic E-state index is -0.222. The molecule has 0 bridgehead atoms. The summed E-state index contributed by atoms with van der Waals surface area (Å²) in [7, 11) is 0. The molecule has 0 fully saturated rings. The Labute approximate surface area is 76.2 Å². The molecule has 1 unspecified atom stereocenters. The summed E-state index contributed by atoms with van der Waals surface area (Å²) in [6.45, 7) is 1.86. The quantitative estimate of drug-likeness (QED) is 0.717. The molecule has 12 heavy (non-hydrogen) atoms. The number of hydrogen-bond donors (Lipinski definition) is 1. The van der Waals surface area contributed by atoms with Gasteiger partial charge in [-0.25, -0.2) is 4.39 Å². The fraction of sp³-hybridized carbons (Fsp3) is 0.333. The van der Waals surface area contributed by atoms with E-state index in [1.165, 1.54) is 12.1 Å². The molecule has 1 rings (SSSR count). The highest BCUT2D eigenvalue weighted by Gasteiger charge is 2.06. The zero-order valence-corrected chi connectivity index (χ0v) is 7.99. The third-order valence-corrected chi connectivity index (χ3v) is 2.49. The van der Waals surface area contributed by atoms with Gasteiger partial charge in [-0.2, -0.15) is 0 Å². The van der Waals surface area contributed by atoms with Gasteiger partial charge >= 0.3 is 0 Å². The maximum Gasteiger partial charge on any atom is 0.123 e. The van der Waals surface area contributed by atoms with E-state index in [0.717, 1.165) is 10.5 Å². The first-order chi connectivity index (χ1) is 5.65. The molecule has 0 saturated heterocycles. The van der Waals surface area contributed by atoms with Crippen molar-refractivity contribution in [2.24, 2.45) is 5.73 Å². The van der Waals surface area contributed by atoms with E-state index in [1.807, 2.05) is 13.2 Å². The van der Waals surface area contributed by atoms with E-state index in [4.69, 9.17) is 5.73 Å². The number of rotatable bonds is 2. The largest absolute Gasteiger partial charge is 0.324 e. The number of thioether (sulfide) groups is 1. The van der Waals surface area contributed by atoms with Gasteiger partial charge in [0.2, 0.25) is 0 Å². The van der Waals surface area contributed by atoms with Crippen LogP contribution in [0.2, 0.25) is 0 Å². The second-order valence-electron chi connectivity index (χ2n) is 2.67. The molecule has 1 nitrogen and oxygen atoms in total. The van der Waals surface area contributed by atoms with E-state index >= 15 is 0 Å². The van der Waals surface area contributed by atoms with E-state index in [0.29, 0.717) is 0 Å². The first-order valence-electron chi connectivity index (χ1n) is 3.74. The van der Waals surface area contributed by atoms with Gasteiger partial charge in [0.1, 0.15) is 5.82 Å². The van der Waals surface area contributed by atoms with Crippen LogP contribution in [0.1, 0.15) is 18.5 Å². The van der Waals surface area contributed by atoms with Crippen molar-refractivity contribution in [3.63, 3.8) is 0 Å². The monoisotopic (exact) mass is 185 g/mol. The molecule has 0 aromatic heterocycles. The van der Waals surface area contributed by atoms with Crippen LogP contribution in [0.25, 0.3) is 0 Å². The van der Waals surface area contributed by atoms with Crippen LogP contribution in [0, 0.1) is 5.82 Å². The number of halogens is 1. The minimum absolute atomic E-state index is 0.108. The van der Waals surface area contributed by atoms with Crippen molar-refractivity contribution in [1.29, 1.82) is 0 Å². The maximum atomic E-state index is 12.8. The Kier molecular flexibility index (Phi) is 3.12. The minimum Gasteiger partial charge on any atom is -0.324 e. The second kappa shape index (κ2) is 3.92. The van der Waals surface area contributed by atoms with Crippen LogP contribution in [0.15, 0.2) is 23.1 Å². The second-order valence-corrected chi connectivity index (χ2v) is 3.52. The molecular weight excluding hydrogens is 173 g/mol. The summed E-state index contributed by atoms with van der Waals surface area (Å²) in [5.41, 5.74) is 6.56. The highest BCUT2D eigenvalue weighted by molar-refractivity contribution is 7.98. The van der Waals surface area contributed by atoms with Crippen molar-refractivity contribution in [3.8, 4) is 0 Å². The van der Waals surface area contributed by atoms with Crippen LogP contribution in [-0.2, 0) is 0 Å². The first-order valence-corrected chi connectivity index (χ1v) is 4.96. The number of benzene rings is 1. The van der Waals surface area contributed by atoms with Crippen LogP contribution in [0.4, 0.5) is 4.39 Å². The lowest BCUT2D eigenvalue weighted by molar-refractivity contribution is 0.619. The molecule has 2 N–H and O–H groups in total. The van der Waals surface area contributed by atoms with Crippen molar-refractivity contribution in [3.05, 3.63) is 29.6 Å². The summed E-state index contributed by atoms with van der Waals surface area (Å²) in [4.78, 5) is 1.05. The van der Waals surface area contributed by atoms with Crippen molar-refractivity contribution in [2.75, 3.05) is 6.26 Å². The Bertz CT molecular complexity index is 273. The van der Waals surface area contributed by atoms with Crippen LogP contribution in [-0.4, -0.2) is 6.26 Å². The lowest BCUT2D eigenvalue weighted by Crippen LogP contribution is -2.06. The molecule has 0 heterocycles. The average molecular weight is 185 g/mol. The molecule has 0 aliphatic carbocycles. The SMILES string of the molecule is CSc1ccc(F)cc1C(C)N. The zero-order valence-electron chi connectivity index (χ0n) is 7.17. The first kappa shape index (κ1) is 9.55. The normalized spacial score (nSPS) is 13.0. The summed E-state index contributed by atoms with van der Waals surface area (Å²) in [6, 6.07) is 4.61. The third kappa shape index (κ3) is 1.99. The Balaban J connectivity index is 3.12. The highest BCUT2D eigenvalue weighted by atomic mass is 32.2. The van der Waals surface area contributed by atoms with Gasteiger partial charge < -0.3 is 5.73 Å². The van der Waals surface area contributed by atoms with E-state index < -0.39 is 0 Å². The summed E-state index contributed by atoms with van der Waals surface area (Å²) in [5, 5.41) is 0. The van der Waals surface area contributed by atoms with Gasteiger partial charge in [0.15, 0.2) is 0 Å². The van der Waals surface area contributed by atoms with E-state index in [2.05, 4.69) is 0 Å². The predicted octanol–water partition coefficient (Wildman–Crippen LogP) is 2.57. The Morgan fingerprint density at radius 2 is 2.17 bits per heavy atom. The van der Waals surface area contributed by atoms with E-state index in [1.54, 1.807) is 17.8 Å². The number of hydrogen-bond acceptors (Lipinski definition) is 2. The Morgan fingerprint density at radius 1 is 1.50 bits per heavy atom. The van der Waals surface area contributed by atoms with Gasteiger partial charge in [-0.1, -0.05) is 0 Å². The Morgan fingerprint density at radius 3 is 2.67 bits per heavy atom. The molecule has 66 valence electrons. The van der Waals surface area contributed by atoms with Crippen LogP contribution >= 0.6 is 11.8 Å². The summed E-state index contributed by atoms with van der Waals surface area (Å²) < 4.78 is 12.8. The van der Waals surface area contributed by atoms with Crippen molar-refractivity contribution >= 4 is 11.8 Å². The molecule has 0 radical (unpaired) electrons. The molecule has 0 spiro atoms. The molecule has 0 saturated carbocycles. The van der Waals surface area contributed by atoms with Gasteiger partial charge in [-0.3, -0.25) is 0 Å². The van der Waals surface area contributed by atoms with Gasteiger partial charge in [-0.15, -0.1) is 11.8 Å². The lowest BCUT2D eigenvalue weighted by Gasteiger charge is -2.10. The topological polar surface area (TPSA) is 26.0 Å². The average Bonchev–Trinajstić information content (AvgIpc) is 2.04. The lowest BCUT2D eigenvalue weighted by atomic mass is 10.1. The van der Waals surface area contributed by atoms with E-state index in [9.17, 15) is 4.39 Å². The van der Waals surface area contributed by atoms with Gasteiger partial charge in [0, 0.05) is 10.9 Å². The fourth-order valence-electron chi connectivity index (χ4n) is 1.06. The molecular formula is C9H12FNS. The predicted molar refractivity (Wildman–Crippen MR) is 50.8 cm³/mol. The standard InChI is InChI=1S/C9H12FNS/c1-6(11)8-5-7(10)3-4-9(8)12-2/h3-6H,11H2,1-2H3. The van der Waals surface area contributed by atoms with Gasteiger partial charge in [0.25, 0.3) is 0 Å². The van der Waals surface area contributed by atoms with Gasteiger partial charge in [-0.05, 0) is 36.9 Å². The fourth-order valence-corrected chi connectivity index (χ4v) is 1.75. The molecule has 3 heteroatoms. The van der Waals surface area contributed by atoms with Crippen LogP contribution < -0.4 is 5.73 Å². The molecule has 1 aromatic rings. The van der Waals surface area contributed by atoms with Crippen molar-refractivity contribution in [1.82, 2.24) is 0 Å². The molecule has 0 aliphatic heterocycles. The summed E-state index contributed by atoms with van der Waals surface area (Å²) in [5.74, 6) is -0.222. The summed E-state index contributed by atoms with van der Waals surface area (Å²) >= 11 is 1.59. The third-order valence-electron chi connectivity index (χ3n) is 1.68. The van der Waals surface area contributed by atoms with Crippen molar-refractivity contribution in [2.45, 2.75) is 17.9 Å². The Hall–Kier alpha value is -0.540. The van der Waals surface area contributed by atoms with E-state index in [-0.39, 0.29) is 11.9 Å². The summed E-state index contributed by atoms with van der Waals surface area (Å²) in [6.07, 6.45) is 1.96. The smallest absolute Gasteiger partial charge is 0.123 e. The molecule has 0 aliphatic rings. The molecule has 1 aromatic carbocycles. The maximum absolute atomic E-state index is 12.8. The van der Waals surface area contributed by atoms with Crippen LogP contribution in [0.5, 0.6) is 0 Å². The van der Waals surface area contributed by atoms with Gasteiger partial charge in [0.05, 0.1) is 0 Å². The van der Waals surface area contributed by atoms with Crippen molar-refractivity contribution < 1.29 is 4.39 Å².